The summed E-state index contributed by atoms with van der Waals surface area (Å²) in [6.45, 7) is 1.62. The van der Waals surface area contributed by atoms with Crippen molar-refractivity contribution < 1.29 is 19.1 Å². The van der Waals surface area contributed by atoms with Crippen LogP contribution in [0.4, 0.5) is 11.4 Å². The van der Waals surface area contributed by atoms with Crippen LogP contribution in [-0.4, -0.2) is 23.8 Å². The first-order valence-corrected chi connectivity index (χ1v) is 9.63. The average Bonchev–Trinajstić information content (AvgIpc) is 2.99. The number of rotatable bonds is 5. The molecule has 30 heavy (non-hydrogen) atoms. The van der Waals surface area contributed by atoms with Gasteiger partial charge in [0.25, 0.3) is 17.7 Å². The second-order valence-corrected chi connectivity index (χ2v) is 7.18. The van der Waals surface area contributed by atoms with E-state index in [1.165, 1.54) is 0 Å². The van der Waals surface area contributed by atoms with Crippen LogP contribution in [0.5, 0.6) is 5.75 Å². The van der Waals surface area contributed by atoms with Crippen LogP contribution in [0.1, 0.15) is 27.6 Å². The fourth-order valence-electron chi connectivity index (χ4n) is 3.19. The minimum atomic E-state index is -0.786. The maximum atomic E-state index is 12.7. The Morgan fingerprint density at radius 1 is 0.933 bits per heavy atom. The highest BCUT2D eigenvalue weighted by atomic mass is 35.5. The van der Waals surface area contributed by atoms with Crippen molar-refractivity contribution in [2.75, 3.05) is 10.2 Å². The van der Waals surface area contributed by atoms with Gasteiger partial charge in [0.15, 0.2) is 6.10 Å². The number of amides is 3. The molecule has 1 unspecified atom stereocenters. The Kier molecular flexibility index (Phi) is 5.25. The van der Waals surface area contributed by atoms with E-state index in [1.807, 2.05) is 0 Å². The van der Waals surface area contributed by atoms with Crippen molar-refractivity contribution in [2.45, 2.75) is 13.0 Å². The highest BCUT2D eigenvalue weighted by Gasteiger charge is 2.36. The standard InChI is InChI=1S/C23H17ClN2O4/c1-14(30-18-9-4-6-15(24)12-18)21(27)25-16-7-5-8-17(13-16)26-22(28)19-10-2-3-11-20(19)23(26)29/h2-14H,1H3,(H,25,27). The Morgan fingerprint density at radius 3 is 2.27 bits per heavy atom. The van der Waals surface area contributed by atoms with Gasteiger partial charge in [-0.2, -0.15) is 0 Å². The van der Waals surface area contributed by atoms with Crippen molar-refractivity contribution in [3.8, 4) is 5.75 Å². The van der Waals surface area contributed by atoms with E-state index in [0.29, 0.717) is 33.3 Å². The van der Waals surface area contributed by atoms with Crippen molar-refractivity contribution in [3.05, 3.63) is 88.9 Å². The molecule has 0 saturated carbocycles. The summed E-state index contributed by atoms with van der Waals surface area (Å²) in [7, 11) is 0. The number of carbonyl (C=O) groups excluding carboxylic acids is 3. The minimum absolute atomic E-state index is 0.362. The highest BCUT2D eigenvalue weighted by molar-refractivity contribution is 6.34. The van der Waals surface area contributed by atoms with E-state index in [1.54, 1.807) is 79.7 Å². The van der Waals surface area contributed by atoms with Crippen molar-refractivity contribution >= 4 is 40.7 Å². The van der Waals surface area contributed by atoms with Gasteiger partial charge >= 0.3 is 0 Å². The molecule has 1 aliphatic heterocycles. The van der Waals surface area contributed by atoms with Crippen molar-refractivity contribution in [2.24, 2.45) is 0 Å². The number of nitrogens with one attached hydrogen (secondary N) is 1. The number of benzene rings is 3. The Bertz CT molecular complexity index is 1130. The second kappa shape index (κ2) is 8.00. The lowest BCUT2D eigenvalue weighted by atomic mass is 10.1. The van der Waals surface area contributed by atoms with E-state index >= 15 is 0 Å². The fourth-order valence-corrected chi connectivity index (χ4v) is 3.37. The Labute approximate surface area is 178 Å². The predicted octanol–water partition coefficient (Wildman–Crippen LogP) is 4.55. The molecule has 3 aromatic carbocycles. The van der Waals surface area contributed by atoms with Gasteiger partial charge in [0.1, 0.15) is 5.75 Å². The number of hydrogen-bond donors (Lipinski definition) is 1. The van der Waals surface area contributed by atoms with E-state index < -0.39 is 17.9 Å². The summed E-state index contributed by atoms with van der Waals surface area (Å²) in [6, 6.07) is 20.0. The van der Waals surface area contributed by atoms with E-state index in [-0.39, 0.29) is 5.91 Å². The maximum absolute atomic E-state index is 12.7. The average molecular weight is 421 g/mol. The molecular weight excluding hydrogens is 404 g/mol. The lowest BCUT2D eigenvalue weighted by molar-refractivity contribution is -0.122. The van der Waals surface area contributed by atoms with E-state index in [4.69, 9.17) is 16.3 Å². The summed E-state index contributed by atoms with van der Waals surface area (Å²) in [5.74, 6) is -0.687. The quantitative estimate of drug-likeness (QED) is 0.614. The molecule has 0 aliphatic carbocycles. The largest absolute Gasteiger partial charge is 0.481 e. The van der Waals surface area contributed by atoms with Crippen molar-refractivity contribution in [3.63, 3.8) is 0 Å². The normalized spacial score (nSPS) is 13.7. The number of hydrogen-bond acceptors (Lipinski definition) is 4. The lowest BCUT2D eigenvalue weighted by Crippen LogP contribution is -2.31. The van der Waals surface area contributed by atoms with Crippen LogP contribution in [-0.2, 0) is 4.79 Å². The first-order valence-electron chi connectivity index (χ1n) is 9.25. The van der Waals surface area contributed by atoms with Gasteiger partial charge in [0.05, 0.1) is 16.8 Å². The van der Waals surface area contributed by atoms with E-state index in [9.17, 15) is 14.4 Å². The molecule has 1 aliphatic rings. The molecule has 6 nitrogen and oxygen atoms in total. The predicted molar refractivity (Wildman–Crippen MR) is 114 cm³/mol. The Hall–Kier alpha value is -3.64. The SMILES string of the molecule is CC(Oc1cccc(Cl)c1)C(=O)Nc1cccc(N2C(=O)c3ccccc3C2=O)c1. The van der Waals surface area contributed by atoms with Crippen molar-refractivity contribution in [1.29, 1.82) is 0 Å². The van der Waals surface area contributed by atoms with Gasteiger partial charge in [0, 0.05) is 10.7 Å². The van der Waals surface area contributed by atoms with Gasteiger partial charge in [-0.15, -0.1) is 0 Å². The van der Waals surface area contributed by atoms with Gasteiger partial charge < -0.3 is 10.1 Å². The molecule has 1 heterocycles. The molecular formula is C23H17ClN2O4. The molecule has 4 rings (SSSR count). The van der Waals surface area contributed by atoms with Gasteiger partial charge in [-0.1, -0.05) is 35.9 Å². The Morgan fingerprint density at radius 2 is 1.60 bits per heavy atom. The molecule has 0 aromatic heterocycles. The van der Waals surface area contributed by atoms with Crippen LogP contribution in [0.15, 0.2) is 72.8 Å². The van der Waals surface area contributed by atoms with Crippen LogP contribution >= 0.6 is 11.6 Å². The maximum Gasteiger partial charge on any atom is 0.266 e. The molecule has 7 heteroatoms. The molecule has 0 radical (unpaired) electrons. The summed E-state index contributed by atoms with van der Waals surface area (Å²) in [6.07, 6.45) is -0.786. The summed E-state index contributed by atoms with van der Waals surface area (Å²) in [5.41, 5.74) is 1.54. The Balaban J connectivity index is 1.49. The number of nitrogens with zero attached hydrogens (tertiary/aromatic N) is 1. The zero-order valence-corrected chi connectivity index (χ0v) is 16.7. The molecule has 1 N–H and O–H groups in total. The molecule has 150 valence electrons. The third-order valence-electron chi connectivity index (χ3n) is 4.64. The van der Waals surface area contributed by atoms with Crippen LogP contribution in [0.25, 0.3) is 0 Å². The zero-order chi connectivity index (χ0) is 21.3. The van der Waals surface area contributed by atoms with Gasteiger partial charge in [-0.25, -0.2) is 4.90 Å². The van der Waals surface area contributed by atoms with E-state index in [0.717, 1.165) is 4.90 Å². The number of ether oxygens (including phenoxy) is 1. The fraction of sp³-hybridized carbons (Fsp3) is 0.0870. The topological polar surface area (TPSA) is 75.7 Å². The number of imide groups is 1. The molecule has 0 bridgehead atoms. The third-order valence-corrected chi connectivity index (χ3v) is 4.88. The van der Waals surface area contributed by atoms with E-state index in [2.05, 4.69) is 5.32 Å². The molecule has 3 amide bonds. The van der Waals surface area contributed by atoms with Gasteiger partial charge in [0.2, 0.25) is 0 Å². The zero-order valence-electron chi connectivity index (χ0n) is 16.0. The lowest BCUT2D eigenvalue weighted by Gasteiger charge is -2.17. The third kappa shape index (κ3) is 3.77. The monoisotopic (exact) mass is 420 g/mol. The molecule has 1 atom stereocenters. The van der Waals surface area contributed by atoms with Gasteiger partial charge in [-0.3, -0.25) is 14.4 Å². The molecule has 3 aromatic rings. The number of carbonyl (C=O) groups is 3. The summed E-state index contributed by atoms with van der Waals surface area (Å²) in [5, 5.41) is 3.25. The van der Waals surface area contributed by atoms with Crippen LogP contribution in [0.3, 0.4) is 0 Å². The minimum Gasteiger partial charge on any atom is -0.481 e. The van der Waals surface area contributed by atoms with Crippen LogP contribution < -0.4 is 15.0 Å². The first kappa shape index (κ1) is 19.7. The smallest absolute Gasteiger partial charge is 0.266 e. The summed E-state index contributed by atoms with van der Waals surface area (Å²) >= 11 is 5.93. The summed E-state index contributed by atoms with van der Waals surface area (Å²) < 4.78 is 5.62. The second-order valence-electron chi connectivity index (χ2n) is 6.75. The number of anilines is 2. The van der Waals surface area contributed by atoms with Crippen LogP contribution in [0, 0.1) is 0 Å². The highest BCUT2D eigenvalue weighted by Crippen LogP contribution is 2.29. The van der Waals surface area contributed by atoms with Crippen molar-refractivity contribution in [1.82, 2.24) is 0 Å². The number of halogens is 1. The number of fused-ring (bicyclic) bond motifs is 1. The molecule has 0 spiro atoms. The first-order chi connectivity index (χ1) is 14.4. The van der Waals surface area contributed by atoms with Crippen LogP contribution in [0.2, 0.25) is 5.02 Å². The van der Waals surface area contributed by atoms with Gasteiger partial charge in [-0.05, 0) is 55.5 Å². The summed E-state index contributed by atoms with van der Waals surface area (Å²) in [4.78, 5) is 39.0. The molecule has 0 saturated heterocycles. The molecule has 0 fully saturated rings.